The van der Waals surface area contributed by atoms with Crippen molar-refractivity contribution in [2.75, 3.05) is 19.7 Å². The van der Waals surface area contributed by atoms with Gasteiger partial charge in [-0.15, -0.1) is 0 Å². The number of hydrogen-bond acceptors (Lipinski definition) is 5. The predicted molar refractivity (Wildman–Crippen MR) is 84.2 cm³/mol. The average molecular weight is 313 g/mol. The maximum absolute atomic E-state index is 12.3. The molecule has 2 aromatic rings. The van der Waals surface area contributed by atoms with Crippen molar-refractivity contribution in [1.29, 1.82) is 0 Å². The van der Waals surface area contributed by atoms with E-state index in [2.05, 4.69) is 9.97 Å². The molecule has 1 aromatic carbocycles. The fourth-order valence-corrected chi connectivity index (χ4v) is 2.53. The highest BCUT2D eigenvalue weighted by Crippen LogP contribution is 2.16. The standard InChI is InChI=1S/C17H19N3O3/c21-17(13-22-14-5-2-1-3-6-14)20-10-4-7-15(12-20)23-16-11-18-8-9-19-16/h1-3,5-6,8-9,11,15H,4,7,10,12-13H2. The topological polar surface area (TPSA) is 64.5 Å². The Morgan fingerprint density at radius 1 is 1.26 bits per heavy atom. The van der Waals surface area contributed by atoms with Crippen molar-refractivity contribution in [2.24, 2.45) is 0 Å². The van der Waals surface area contributed by atoms with E-state index in [0.29, 0.717) is 18.2 Å². The number of nitrogens with zero attached hydrogens (tertiary/aromatic N) is 3. The van der Waals surface area contributed by atoms with Crippen LogP contribution in [0.15, 0.2) is 48.9 Å². The molecule has 1 aromatic heterocycles. The molecular weight excluding hydrogens is 294 g/mol. The number of benzene rings is 1. The number of amides is 1. The van der Waals surface area contributed by atoms with Crippen molar-refractivity contribution < 1.29 is 14.3 Å². The number of para-hydroxylation sites is 1. The Morgan fingerprint density at radius 2 is 2.13 bits per heavy atom. The van der Waals surface area contributed by atoms with Gasteiger partial charge in [0, 0.05) is 18.9 Å². The van der Waals surface area contributed by atoms with Crippen LogP contribution in [0.4, 0.5) is 0 Å². The number of aromatic nitrogens is 2. The molecule has 1 atom stereocenters. The summed E-state index contributed by atoms with van der Waals surface area (Å²) in [5, 5.41) is 0. The van der Waals surface area contributed by atoms with Crippen LogP contribution in [0.2, 0.25) is 0 Å². The van der Waals surface area contributed by atoms with Crippen LogP contribution in [0.3, 0.4) is 0 Å². The van der Waals surface area contributed by atoms with Crippen LogP contribution in [0.25, 0.3) is 0 Å². The Hall–Kier alpha value is -2.63. The second kappa shape index (κ2) is 7.58. The molecule has 6 nitrogen and oxygen atoms in total. The Kier molecular flexibility index (Phi) is 5.03. The lowest BCUT2D eigenvalue weighted by molar-refractivity contribution is -0.136. The van der Waals surface area contributed by atoms with Crippen molar-refractivity contribution >= 4 is 5.91 Å². The second-order valence-electron chi connectivity index (χ2n) is 5.37. The summed E-state index contributed by atoms with van der Waals surface area (Å²) in [6.45, 7) is 1.33. The third kappa shape index (κ3) is 4.42. The van der Waals surface area contributed by atoms with E-state index in [0.717, 1.165) is 19.4 Å². The average Bonchev–Trinajstić information content (AvgIpc) is 2.62. The van der Waals surface area contributed by atoms with Crippen molar-refractivity contribution in [3.8, 4) is 11.6 Å². The minimum Gasteiger partial charge on any atom is -0.484 e. The molecule has 1 amide bonds. The summed E-state index contributed by atoms with van der Waals surface area (Å²) >= 11 is 0. The minimum absolute atomic E-state index is 0.0266. The summed E-state index contributed by atoms with van der Waals surface area (Å²) < 4.78 is 11.3. The van der Waals surface area contributed by atoms with E-state index in [4.69, 9.17) is 9.47 Å². The third-order valence-corrected chi connectivity index (χ3v) is 3.66. The highest BCUT2D eigenvalue weighted by molar-refractivity contribution is 5.77. The van der Waals surface area contributed by atoms with E-state index in [9.17, 15) is 4.79 Å². The molecule has 0 spiro atoms. The Labute approximate surface area is 135 Å². The molecule has 0 bridgehead atoms. The molecule has 6 heteroatoms. The number of hydrogen-bond donors (Lipinski definition) is 0. The number of piperidine rings is 1. The van der Waals surface area contributed by atoms with Crippen LogP contribution in [0.1, 0.15) is 12.8 Å². The fraction of sp³-hybridized carbons (Fsp3) is 0.353. The quantitative estimate of drug-likeness (QED) is 0.844. The van der Waals surface area contributed by atoms with Gasteiger partial charge >= 0.3 is 0 Å². The number of likely N-dealkylation sites (tertiary alicyclic amines) is 1. The summed E-state index contributed by atoms with van der Waals surface area (Å²) in [6.07, 6.45) is 6.53. The van der Waals surface area contributed by atoms with Crippen LogP contribution in [0.5, 0.6) is 11.6 Å². The lowest BCUT2D eigenvalue weighted by atomic mass is 10.1. The highest BCUT2D eigenvalue weighted by Gasteiger charge is 2.25. The van der Waals surface area contributed by atoms with Crippen LogP contribution >= 0.6 is 0 Å². The SMILES string of the molecule is O=C(COc1ccccc1)N1CCCC(Oc2cnccn2)C1. The lowest BCUT2D eigenvalue weighted by Crippen LogP contribution is -2.46. The normalized spacial score (nSPS) is 17.6. The molecule has 2 heterocycles. The van der Waals surface area contributed by atoms with Gasteiger partial charge < -0.3 is 14.4 Å². The first kappa shape index (κ1) is 15.3. The molecule has 0 aliphatic carbocycles. The van der Waals surface area contributed by atoms with Crippen LogP contribution < -0.4 is 9.47 Å². The zero-order valence-electron chi connectivity index (χ0n) is 12.8. The molecule has 23 heavy (non-hydrogen) atoms. The van der Waals surface area contributed by atoms with Gasteiger partial charge in [-0.05, 0) is 25.0 Å². The first-order valence-electron chi connectivity index (χ1n) is 7.69. The van der Waals surface area contributed by atoms with Crippen molar-refractivity contribution in [1.82, 2.24) is 14.9 Å². The zero-order valence-corrected chi connectivity index (χ0v) is 12.8. The first-order chi connectivity index (χ1) is 11.3. The summed E-state index contributed by atoms with van der Waals surface area (Å²) in [6, 6.07) is 9.34. The summed E-state index contributed by atoms with van der Waals surface area (Å²) in [4.78, 5) is 22.2. The van der Waals surface area contributed by atoms with Gasteiger partial charge in [0.25, 0.3) is 5.91 Å². The monoisotopic (exact) mass is 313 g/mol. The van der Waals surface area contributed by atoms with Crippen LogP contribution in [-0.4, -0.2) is 46.6 Å². The molecular formula is C17H19N3O3. The van der Waals surface area contributed by atoms with E-state index < -0.39 is 0 Å². The minimum atomic E-state index is -0.0545. The van der Waals surface area contributed by atoms with Crippen LogP contribution in [-0.2, 0) is 4.79 Å². The van der Waals surface area contributed by atoms with Crippen molar-refractivity contribution in [3.63, 3.8) is 0 Å². The Bertz CT molecular complexity index is 621. The molecule has 0 N–H and O–H groups in total. The van der Waals surface area contributed by atoms with Gasteiger partial charge in [0.05, 0.1) is 12.7 Å². The van der Waals surface area contributed by atoms with Crippen molar-refractivity contribution in [3.05, 3.63) is 48.9 Å². The molecule has 0 saturated carbocycles. The van der Waals surface area contributed by atoms with Gasteiger partial charge in [-0.2, -0.15) is 0 Å². The molecule has 1 fully saturated rings. The maximum Gasteiger partial charge on any atom is 0.260 e. The molecule has 3 rings (SSSR count). The highest BCUT2D eigenvalue weighted by atomic mass is 16.5. The van der Waals surface area contributed by atoms with Gasteiger partial charge in [0.15, 0.2) is 6.61 Å². The van der Waals surface area contributed by atoms with Gasteiger partial charge in [0.1, 0.15) is 11.9 Å². The summed E-state index contributed by atoms with van der Waals surface area (Å²) in [5.74, 6) is 1.17. The van der Waals surface area contributed by atoms with E-state index in [1.807, 2.05) is 30.3 Å². The largest absolute Gasteiger partial charge is 0.484 e. The fourth-order valence-electron chi connectivity index (χ4n) is 2.53. The first-order valence-corrected chi connectivity index (χ1v) is 7.69. The molecule has 1 unspecified atom stereocenters. The molecule has 1 aliphatic rings. The molecule has 0 radical (unpaired) electrons. The summed E-state index contributed by atoms with van der Waals surface area (Å²) in [7, 11) is 0. The van der Waals surface area contributed by atoms with Crippen LogP contribution in [0, 0.1) is 0 Å². The Balaban J connectivity index is 1.50. The van der Waals surface area contributed by atoms with Crippen molar-refractivity contribution in [2.45, 2.75) is 18.9 Å². The van der Waals surface area contributed by atoms with Gasteiger partial charge in [0.2, 0.25) is 5.88 Å². The lowest BCUT2D eigenvalue weighted by Gasteiger charge is -2.32. The number of rotatable bonds is 5. The second-order valence-corrected chi connectivity index (χ2v) is 5.37. The summed E-state index contributed by atoms with van der Waals surface area (Å²) in [5.41, 5.74) is 0. The number of carbonyl (C=O) groups excluding carboxylic acids is 1. The van der Waals surface area contributed by atoms with Gasteiger partial charge in [-0.25, -0.2) is 4.98 Å². The number of carbonyl (C=O) groups is 1. The van der Waals surface area contributed by atoms with E-state index in [-0.39, 0.29) is 18.6 Å². The molecule has 1 saturated heterocycles. The zero-order chi connectivity index (χ0) is 15.9. The van der Waals surface area contributed by atoms with E-state index in [1.54, 1.807) is 23.5 Å². The number of ether oxygens (including phenoxy) is 2. The van der Waals surface area contributed by atoms with E-state index >= 15 is 0 Å². The van der Waals surface area contributed by atoms with Gasteiger partial charge in [-0.1, -0.05) is 18.2 Å². The van der Waals surface area contributed by atoms with E-state index in [1.165, 1.54) is 0 Å². The van der Waals surface area contributed by atoms with Gasteiger partial charge in [-0.3, -0.25) is 9.78 Å². The third-order valence-electron chi connectivity index (χ3n) is 3.66. The Morgan fingerprint density at radius 3 is 2.91 bits per heavy atom. The predicted octanol–water partition coefficient (Wildman–Crippen LogP) is 1.93. The molecule has 120 valence electrons. The molecule has 1 aliphatic heterocycles. The smallest absolute Gasteiger partial charge is 0.260 e. The maximum atomic E-state index is 12.3.